The summed E-state index contributed by atoms with van der Waals surface area (Å²) < 4.78 is 24.7. The number of hydrogen-bond acceptors (Lipinski definition) is 6. The molecule has 0 unspecified atom stereocenters. The lowest BCUT2D eigenvalue weighted by Gasteiger charge is -2.37. The van der Waals surface area contributed by atoms with Crippen LogP contribution in [0.5, 0.6) is 0 Å². The number of anilines is 1. The number of nitrogens with one attached hydrogen (secondary N) is 1. The second-order valence-corrected chi connectivity index (χ2v) is 8.45. The molecule has 2 heterocycles. The highest BCUT2D eigenvalue weighted by Gasteiger charge is 2.34. The molecule has 1 aliphatic heterocycles. The second-order valence-electron chi connectivity index (χ2n) is 5.18. The monoisotopic (exact) mass is 302 g/mol. The number of aromatic nitrogens is 2. The molecule has 1 saturated carbocycles. The van der Waals surface area contributed by atoms with Crippen molar-refractivity contribution in [2.24, 2.45) is 5.92 Å². The summed E-state index contributed by atoms with van der Waals surface area (Å²) in [5.41, 5.74) is 0. The zero-order valence-electron chi connectivity index (χ0n) is 10.9. The second kappa shape index (κ2) is 4.99. The van der Waals surface area contributed by atoms with Crippen molar-refractivity contribution in [2.75, 3.05) is 30.7 Å². The van der Waals surface area contributed by atoms with Crippen molar-refractivity contribution in [3.05, 3.63) is 5.01 Å². The van der Waals surface area contributed by atoms with Crippen molar-refractivity contribution in [3.63, 3.8) is 0 Å². The summed E-state index contributed by atoms with van der Waals surface area (Å²) in [6, 6.07) is 0. The average Bonchev–Trinajstić information content (AvgIpc) is 3.07. The number of hydrogen-bond donors (Lipinski definition) is 1. The van der Waals surface area contributed by atoms with Gasteiger partial charge in [0.15, 0.2) is 0 Å². The highest BCUT2D eigenvalue weighted by atomic mass is 32.2. The molecule has 0 atom stereocenters. The fraction of sp³-hybridized carbons (Fsp3) is 0.818. The number of sulfonamides is 1. The van der Waals surface area contributed by atoms with Crippen LogP contribution in [-0.2, 0) is 10.0 Å². The van der Waals surface area contributed by atoms with E-state index in [2.05, 4.69) is 15.5 Å². The van der Waals surface area contributed by atoms with Crippen LogP contribution in [0, 0.1) is 5.92 Å². The van der Waals surface area contributed by atoms with Crippen LogP contribution in [0.4, 0.5) is 5.13 Å². The van der Waals surface area contributed by atoms with E-state index in [4.69, 9.17) is 0 Å². The van der Waals surface area contributed by atoms with E-state index in [1.54, 1.807) is 22.6 Å². The zero-order chi connectivity index (χ0) is 13.5. The minimum absolute atomic E-state index is 0.189. The van der Waals surface area contributed by atoms with Crippen LogP contribution in [-0.4, -0.2) is 48.3 Å². The van der Waals surface area contributed by atoms with E-state index in [1.165, 1.54) is 12.8 Å². The summed E-state index contributed by atoms with van der Waals surface area (Å²) in [6.45, 7) is 3.70. The normalized spacial score (nSPS) is 21.3. The average molecular weight is 302 g/mol. The van der Waals surface area contributed by atoms with Crippen LogP contribution in [0.2, 0.25) is 0 Å². The number of nitrogens with zero attached hydrogens (tertiary/aromatic N) is 3. The molecule has 3 rings (SSSR count). The third-order valence-corrected chi connectivity index (χ3v) is 6.45. The lowest BCUT2D eigenvalue weighted by molar-refractivity contribution is 0.212. The van der Waals surface area contributed by atoms with Crippen molar-refractivity contribution < 1.29 is 8.42 Å². The van der Waals surface area contributed by atoms with Crippen molar-refractivity contribution in [3.8, 4) is 0 Å². The smallest absolute Gasteiger partial charge is 0.213 e. The van der Waals surface area contributed by atoms with Crippen molar-refractivity contribution >= 4 is 26.5 Å². The van der Waals surface area contributed by atoms with E-state index in [0.29, 0.717) is 24.9 Å². The standard InChI is InChI=1S/C11H18N4O2S2/c1-2-19(16,17)15-6-8(7-15)5-12-11-14-13-10(18-11)9-3-4-9/h8-9H,2-7H2,1H3,(H,12,14). The van der Waals surface area contributed by atoms with Crippen molar-refractivity contribution in [1.29, 1.82) is 0 Å². The van der Waals surface area contributed by atoms with Gasteiger partial charge < -0.3 is 5.32 Å². The molecule has 1 saturated heterocycles. The van der Waals surface area contributed by atoms with Gasteiger partial charge in [-0.25, -0.2) is 12.7 Å². The van der Waals surface area contributed by atoms with Crippen molar-refractivity contribution in [1.82, 2.24) is 14.5 Å². The molecule has 1 N–H and O–H groups in total. The van der Waals surface area contributed by atoms with Gasteiger partial charge in [0, 0.05) is 31.5 Å². The molecule has 0 aromatic carbocycles. The molecular weight excluding hydrogens is 284 g/mol. The molecule has 1 aromatic rings. The van der Waals surface area contributed by atoms with Gasteiger partial charge in [0.2, 0.25) is 15.2 Å². The van der Waals surface area contributed by atoms with Crippen LogP contribution < -0.4 is 5.32 Å². The van der Waals surface area contributed by atoms with Gasteiger partial charge in [-0.2, -0.15) is 0 Å². The molecule has 19 heavy (non-hydrogen) atoms. The Morgan fingerprint density at radius 3 is 2.74 bits per heavy atom. The summed E-state index contributed by atoms with van der Waals surface area (Å²) in [4.78, 5) is 0. The SMILES string of the molecule is CCS(=O)(=O)N1CC(CNc2nnc(C3CC3)s2)C1. The molecule has 2 fully saturated rings. The van der Waals surface area contributed by atoms with Gasteiger partial charge in [-0.1, -0.05) is 11.3 Å². The van der Waals surface area contributed by atoms with Gasteiger partial charge in [-0.3, -0.25) is 0 Å². The van der Waals surface area contributed by atoms with Gasteiger partial charge in [-0.15, -0.1) is 10.2 Å². The maximum Gasteiger partial charge on any atom is 0.213 e. The first-order valence-corrected chi connectivity index (χ1v) is 9.06. The Balaban J connectivity index is 1.44. The van der Waals surface area contributed by atoms with Crippen LogP contribution in [0.3, 0.4) is 0 Å². The van der Waals surface area contributed by atoms with Crippen LogP contribution in [0.15, 0.2) is 0 Å². The Morgan fingerprint density at radius 1 is 1.37 bits per heavy atom. The van der Waals surface area contributed by atoms with E-state index in [-0.39, 0.29) is 5.75 Å². The van der Waals surface area contributed by atoms with Gasteiger partial charge in [0.25, 0.3) is 0 Å². The quantitative estimate of drug-likeness (QED) is 0.852. The Kier molecular flexibility index (Phi) is 3.48. The highest BCUT2D eigenvalue weighted by Crippen LogP contribution is 2.42. The Hall–Kier alpha value is -0.730. The summed E-state index contributed by atoms with van der Waals surface area (Å²) in [7, 11) is -3.00. The first kappa shape index (κ1) is 13.3. The van der Waals surface area contributed by atoms with Gasteiger partial charge >= 0.3 is 0 Å². The maximum atomic E-state index is 11.6. The van der Waals surface area contributed by atoms with E-state index in [1.807, 2.05) is 0 Å². The minimum atomic E-state index is -3.00. The van der Waals surface area contributed by atoms with Crippen LogP contribution in [0.1, 0.15) is 30.7 Å². The predicted octanol–water partition coefficient (Wildman–Crippen LogP) is 1.11. The first-order chi connectivity index (χ1) is 9.08. The lowest BCUT2D eigenvalue weighted by atomic mass is 10.0. The molecule has 1 aliphatic carbocycles. The van der Waals surface area contributed by atoms with Crippen LogP contribution >= 0.6 is 11.3 Å². The molecule has 8 heteroatoms. The molecule has 0 amide bonds. The summed E-state index contributed by atoms with van der Waals surface area (Å²) in [6.07, 6.45) is 2.47. The predicted molar refractivity (Wildman–Crippen MR) is 74.9 cm³/mol. The summed E-state index contributed by atoms with van der Waals surface area (Å²) in [5, 5.41) is 13.5. The summed E-state index contributed by atoms with van der Waals surface area (Å²) in [5.74, 6) is 1.21. The topological polar surface area (TPSA) is 75.2 Å². The fourth-order valence-electron chi connectivity index (χ4n) is 2.09. The minimum Gasteiger partial charge on any atom is -0.360 e. The van der Waals surface area contributed by atoms with E-state index >= 15 is 0 Å². The molecule has 0 spiro atoms. The van der Waals surface area contributed by atoms with Crippen molar-refractivity contribution in [2.45, 2.75) is 25.7 Å². The molecular formula is C11H18N4O2S2. The van der Waals surface area contributed by atoms with Gasteiger partial charge in [0.05, 0.1) is 5.75 Å². The summed E-state index contributed by atoms with van der Waals surface area (Å²) >= 11 is 1.63. The van der Waals surface area contributed by atoms with E-state index < -0.39 is 10.0 Å². The van der Waals surface area contributed by atoms with E-state index in [0.717, 1.165) is 16.7 Å². The Morgan fingerprint density at radius 2 is 2.11 bits per heavy atom. The number of rotatable bonds is 6. The lowest BCUT2D eigenvalue weighted by Crippen LogP contribution is -2.52. The zero-order valence-corrected chi connectivity index (χ0v) is 12.5. The van der Waals surface area contributed by atoms with E-state index in [9.17, 15) is 8.42 Å². The Bertz CT molecular complexity index is 547. The van der Waals surface area contributed by atoms with Gasteiger partial charge in [-0.05, 0) is 19.8 Å². The Labute approximate surface area is 117 Å². The molecule has 2 aliphatic rings. The highest BCUT2D eigenvalue weighted by molar-refractivity contribution is 7.89. The third-order valence-electron chi connectivity index (χ3n) is 3.59. The largest absolute Gasteiger partial charge is 0.360 e. The molecule has 106 valence electrons. The first-order valence-electron chi connectivity index (χ1n) is 6.63. The maximum absolute atomic E-state index is 11.6. The molecule has 6 nitrogen and oxygen atoms in total. The fourth-order valence-corrected chi connectivity index (χ4v) is 4.25. The molecule has 0 radical (unpaired) electrons. The third kappa shape index (κ3) is 2.90. The van der Waals surface area contributed by atoms with Crippen LogP contribution in [0.25, 0.3) is 0 Å². The molecule has 1 aromatic heterocycles. The van der Waals surface area contributed by atoms with Gasteiger partial charge in [0.1, 0.15) is 5.01 Å². The molecule has 0 bridgehead atoms.